The van der Waals surface area contributed by atoms with Gasteiger partial charge in [0.05, 0.1) is 16.9 Å². The monoisotopic (exact) mass is 947 g/mol. The van der Waals surface area contributed by atoms with Crippen LogP contribution in [0.25, 0.3) is 70.3 Å². The van der Waals surface area contributed by atoms with Crippen LogP contribution in [0.2, 0.25) is 17.3 Å². The molecule has 0 atom stereocenters. The SMILES string of the molecule is Cc1c[c-]c(-c2nc3ccc4ccccc4c3n2-c2ccccc2)c2sc3ccccc3c12.[2H]C(C)(C)c1cc(-c2[c-]cccc2)nc[c]1[Ge]([CH3])([CH3])[CH3].[Ir]. The molecular weight excluding hydrogens is 903 g/mol. The van der Waals surface area contributed by atoms with Crippen molar-refractivity contribution in [3.8, 4) is 28.3 Å². The minimum atomic E-state index is -2.03. The molecule has 0 spiro atoms. The van der Waals surface area contributed by atoms with E-state index < -0.39 is 19.2 Å². The average molecular weight is 946 g/mol. The van der Waals surface area contributed by atoms with Crippen LogP contribution < -0.4 is 4.40 Å². The molecule has 0 bridgehead atoms. The third-order valence-corrected chi connectivity index (χ3v) is 15.1. The molecule has 53 heavy (non-hydrogen) atoms. The smallest absolute Gasteiger partial charge is 0 e. The van der Waals surface area contributed by atoms with Gasteiger partial charge >= 0.3 is 120 Å². The molecule has 0 aliphatic carbocycles. The minimum Gasteiger partial charge on any atom is 0 e. The molecule has 0 N–H and O–H groups in total. The fraction of sp³-hybridized carbons (Fsp3) is 0.149. The molecule has 6 heteroatoms. The van der Waals surface area contributed by atoms with Crippen molar-refractivity contribution in [1.29, 1.82) is 0 Å². The number of aryl methyl sites for hydroxylation is 1. The van der Waals surface area contributed by atoms with Crippen LogP contribution in [-0.2, 0) is 20.1 Å². The molecule has 3 aromatic heterocycles. The molecule has 0 aliphatic rings. The number of fused-ring (bicyclic) bond motifs is 6. The standard InChI is InChI=1S/C30H19N2S.C17H22GeN.Ir/c1-19-15-17-24(29-27(19)23-13-7-8-14-26(23)33-29)30-31-25-18-16-20-9-5-6-12-22(20)28(25)32(30)21-10-3-2-4-11-21;1-13(2)15-11-17(14-9-7-6-8-10-14)19-12-16(15)18(3,4)5;/h2-16,18H,1H3;6-9,11-13H,1-5H3;/q2*-1;/i;13D;. The maximum Gasteiger partial charge on any atom is 0 e. The predicted octanol–water partition coefficient (Wildman–Crippen LogP) is 12.5. The molecule has 0 unspecified atom stereocenters. The third-order valence-electron chi connectivity index (χ3n) is 9.66. The number of rotatable bonds is 5. The number of imidazole rings is 1. The molecule has 3 nitrogen and oxygen atoms in total. The molecule has 9 rings (SSSR count). The van der Waals surface area contributed by atoms with Crippen LogP contribution in [0, 0.1) is 19.1 Å². The van der Waals surface area contributed by atoms with Crippen molar-refractivity contribution in [1.82, 2.24) is 14.5 Å². The number of thiophene rings is 1. The zero-order chi connectivity index (χ0) is 36.9. The maximum absolute atomic E-state index is 8.44. The summed E-state index contributed by atoms with van der Waals surface area (Å²) in [6.07, 6.45) is 2.00. The van der Waals surface area contributed by atoms with Crippen molar-refractivity contribution >= 4 is 71.0 Å². The van der Waals surface area contributed by atoms with Gasteiger partial charge in [-0.05, 0) is 39.7 Å². The van der Waals surface area contributed by atoms with Gasteiger partial charge in [-0.2, -0.15) is 11.3 Å². The summed E-state index contributed by atoms with van der Waals surface area (Å²) in [5.74, 6) is 7.38. The van der Waals surface area contributed by atoms with Crippen molar-refractivity contribution in [2.45, 2.75) is 43.9 Å². The van der Waals surface area contributed by atoms with E-state index in [-0.39, 0.29) is 20.1 Å². The van der Waals surface area contributed by atoms with Crippen molar-refractivity contribution in [3.63, 3.8) is 0 Å². The number of nitrogens with zero attached hydrogens (tertiary/aromatic N) is 3. The Kier molecular flexibility index (Phi) is 10.2. The molecule has 9 aromatic rings. The second-order valence-corrected chi connectivity index (χ2v) is 26.2. The summed E-state index contributed by atoms with van der Waals surface area (Å²) in [6.45, 7) is 6.09. The zero-order valence-electron chi connectivity index (χ0n) is 31.8. The first-order valence-electron chi connectivity index (χ1n) is 18.3. The molecule has 265 valence electrons. The Labute approximate surface area is 333 Å². The summed E-state index contributed by atoms with van der Waals surface area (Å²) in [4.78, 5) is 9.82. The van der Waals surface area contributed by atoms with E-state index in [9.17, 15) is 0 Å². The van der Waals surface area contributed by atoms with Crippen LogP contribution in [0.1, 0.15) is 32.2 Å². The van der Waals surface area contributed by atoms with Gasteiger partial charge in [0, 0.05) is 35.9 Å². The van der Waals surface area contributed by atoms with Crippen LogP contribution in [0.15, 0.2) is 134 Å². The van der Waals surface area contributed by atoms with E-state index >= 15 is 0 Å². The van der Waals surface area contributed by atoms with Gasteiger partial charge in [-0.25, -0.2) is 0 Å². The van der Waals surface area contributed by atoms with Gasteiger partial charge in [0.15, 0.2) is 0 Å². The first-order chi connectivity index (χ1) is 25.5. The van der Waals surface area contributed by atoms with E-state index in [2.05, 4.69) is 149 Å². The Morgan fingerprint density at radius 2 is 1.53 bits per heavy atom. The van der Waals surface area contributed by atoms with Crippen molar-refractivity contribution in [2.24, 2.45) is 0 Å². The van der Waals surface area contributed by atoms with Crippen LogP contribution in [0.4, 0.5) is 0 Å². The Morgan fingerprint density at radius 1 is 0.811 bits per heavy atom. The van der Waals surface area contributed by atoms with E-state index in [1.807, 2.05) is 55.6 Å². The van der Waals surface area contributed by atoms with Crippen LogP contribution in [-0.4, -0.2) is 27.8 Å². The molecule has 1 radical (unpaired) electrons. The average Bonchev–Trinajstić information content (AvgIpc) is 3.75. The molecule has 0 fully saturated rings. The Hall–Kier alpha value is -4.39. The fourth-order valence-corrected chi connectivity index (χ4v) is 11.7. The van der Waals surface area contributed by atoms with Gasteiger partial charge in [0.2, 0.25) is 0 Å². The number of hydrogen-bond acceptors (Lipinski definition) is 3. The predicted molar refractivity (Wildman–Crippen MR) is 226 cm³/mol. The van der Waals surface area contributed by atoms with Crippen molar-refractivity contribution in [2.75, 3.05) is 0 Å². The first kappa shape index (κ1) is 35.6. The van der Waals surface area contributed by atoms with Crippen LogP contribution in [0.3, 0.4) is 0 Å². The van der Waals surface area contributed by atoms with Gasteiger partial charge in [-0.3, -0.25) is 4.98 Å². The fourth-order valence-electron chi connectivity index (χ4n) is 7.10. The number of pyridine rings is 1. The topological polar surface area (TPSA) is 30.7 Å². The first-order valence-corrected chi connectivity index (χ1v) is 25.9. The third kappa shape index (κ3) is 7.04. The minimum absolute atomic E-state index is 0. The molecule has 0 saturated heterocycles. The quantitative estimate of drug-likeness (QED) is 0.127. The number of para-hydroxylation sites is 1. The summed E-state index contributed by atoms with van der Waals surface area (Å²) in [5.41, 5.74) is 8.57. The van der Waals surface area contributed by atoms with Crippen molar-refractivity contribution in [3.05, 3.63) is 157 Å². The molecule has 3 heterocycles. The Morgan fingerprint density at radius 3 is 2.26 bits per heavy atom. The van der Waals surface area contributed by atoms with E-state index in [1.165, 1.54) is 40.9 Å². The van der Waals surface area contributed by atoms with Gasteiger partial charge < -0.3 is 4.57 Å². The van der Waals surface area contributed by atoms with Crippen LogP contribution >= 0.6 is 11.3 Å². The van der Waals surface area contributed by atoms with Gasteiger partial charge in [-0.15, -0.1) is 17.7 Å². The summed E-state index contributed by atoms with van der Waals surface area (Å²) in [5, 5.41) is 5.03. The molecule has 0 amide bonds. The number of hydrogen-bond donors (Lipinski definition) is 0. The van der Waals surface area contributed by atoms with Gasteiger partial charge in [-0.1, -0.05) is 84.6 Å². The molecular formula is C47H41GeIrN3S-2. The zero-order valence-corrected chi connectivity index (χ0v) is 36.1. The van der Waals surface area contributed by atoms with E-state index in [0.717, 1.165) is 44.9 Å². The molecule has 6 aromatic carbocycles. The Bertz CT molecular complexity index is 2760. The normalized spacial score (nSPS) is 12.1. The Balaban J connectivity index is 0.000000186. The maximum atomic E-state index is 8.44. The summed E-state index contributed by atoms with van der Waals surface area (Å²) in [7, 11) is 0. The second-order valence-electron chi connectivity index (χ2n) is 14.6. The number of aromatic nitrogens is 3. The van der Waals surface area contributed by atoms with Crippen molar-refractivity contribution < 1.29 is 21.5 Å². The largest absolute Gasteiger partial charge is 0 e. The van der Waals surface area contributed by atoms with Gasteiger partial charge in [0.25, 0.3) is 0 Å². The van der Waals surface area contributed by atoms with E-state index in [1.54, 1.807) is 0 Å². The molecule has 0 saturated carbocycles. The van der Waals surface area contributed by atoms with E-state index in [4.69, 9.17) is 6.35 Å². The summed E-state index contributed by atoms with van der Waals surface area (Å²) < 4.78 is 14.6. The van der Waals surface area contributed by atoms with Gasteiger partial charge in [0.1, 0.15) is 0 Å². The van der Waals surface area contributed by atoms with Crippen LogP contribution in [0.5, 0.6) is 0 Å². The summed E-state index contributed by atoms with van der Waals surface area (Å²) >= 11 is -0.196. The second kappa shape index (κ2) is 15.2. The van der Waals surface area contributed by atoms with E-state index in [0.29, 0.717) is 0 Å². The number of benzene rings is 6. The summed E-state index contributed by atoms with van der Waals surface area (Å²) in [6, 6.07) is 50.9. The molecule has 0 aliphatic heterocycles.